The molecule has 0 saturated carbocycles. The molecule has 1 N–H and O–H groups in total. The number of ether oxygens (including phenoxy) is 2. The molecule has 0 aliphatic rings. The van der Waals surface area contributed by atoms with E-state index in [-0.39, 0.29) is 18.3 Å². The molecular weight excluding hydrogens is 452 g/mol. The van der Waals surface area contributed by atoms with Gasteiger partial charge in [-0.15, -0.1) is 10.2 Å². The Bertz CT molecular complexity index is 1320. The minimum Gasteiger partial charge on any atom is -0.485 e. The lowest BCUT2D eigenvalue weighted by Crippen LogP contribution is -2.17. The van der Waals surface area contributed by atoms with Crippen molar-refractivity contribution < 1.29 is 19.1 Å². The summed E-state index contributed by atoms with van der Waals surface area (Å²) >= 11 is 1.27. The quantitative estimate of drug-likeness (QED) is 0.280. The molecule has 8 nitrogen and oxygen atoms in total. The van der Waals surface area contributed by atoms with Crippen LogP contribution < -0.4 is 10.1 Å². The van der Waals surface area contributed by atoms with Gasteiger partial charge < -0.3 is 19.4 Å². The van der Waals surface area contributed by atoms with Crippen LogP contribution in [0.2, 0.25) is 0 Å². The van der Waals surface area contributed by atoms with E-state index in [0.717, 1.165) is 16.5 Å². The minimum absolute atomic E-state index is 0.109. The van der Waals surface area contributed by atoms with Crippen molar-refractivity contribution in [3.8, 4) is 5.75 Å². The summed E-state index contributed by atoms with van der Waals surface area (Å²) in [6.45, 7) is 2.88. The molecule has 0 spiro atoms. The first-order valence-electron chi connectivity index (χ1n) is 10.7. The summed E-state index contributed by atoms with van der Waals surface area (Å²) in [5, 5.41) is 14.0. The zero-order chi connectivity index (χ0) is 23.9. The lowest BCUT2D eigenvalue weighted by atomic mass is 10.1. The second-order valence-electron chi connectivity index (χ2n) is 7.28. The Morgan fingerprint density at radius 3 is 2.59 bits per heavy atom. The summed E-state index contributed by atoms with van der Waals surface area (Å²) in [6, 6.07) is 20.7. The summed E-state index contributed by atoms with van der Waals surface area (Å²) in [7, 11) is 1.30. The van der Waals surface area contributed by atoms with Gasteiger partial charge in [0.05, 0.1) is 24.1 Å². The third kappa shape index (κ3) is 5.20. The fraction of sp³-hybridized carbons (Fsp3) is 0.200. The predicted molar refractivity (Wildman–Crippen MR) is 131 cm³/mol. The van der Waals surface area contributed by atoms with Crippen LogP contribution >= 0.6 is 11.8 Å². The SMILES string of the molecule is CCn1c(COc2cccc3ccccc23)nnc1SCC(=O)Nc1ccccc1C(=O)OC. The highest BCUT2D eigenvalue weighted by atomic mass is 32.2. The Morgan fingerprint density at radius 1 is 1.00 bits per heavy atom. The zero-order valence-corrected chi connectivity index (χ0v) is 19.7. The average molecular weight is 477 g/mol. The van der Waals surface area contributed by atoms with Gasteiger partial charge in [-0.05, 0) is 30.5 Å². The highest BCUT2D eigenvalue weighted by molar-refractivity contribution is 7.99. The number of aromatic nitrogens is 3. The van der Waals surface area contributed by atoms with Crippen molar-refractivity contribution in [1.29, 1.82) is 0 Å². The number of para-hydroxylation sites is 1. The van der Waals surface area contributed by atoms with E-state index in [9.17, 15) is 9.59 Å². The molecule has 34 heavy (non-hydrogen) atoms. The maximum atomic E-state index is 12.5. The predicted octanol–water partition coefficient (Wildman–Crippen LogP) is 4.55. The Labute approximate surface area is 201 Å². The molecule has 0 aliphatic carbocycles. The molecule has 174 valence electrons. The van der Waals surface area contributed by atoms with E-state index in [0.29, 0.717) is 28.8 Å². The number of hydrogen-bond acceptors (Lipinski definition) is 7. The van der Waals surface area contributed by atoms with Gasteiger partial charge in [0.1, 0.15) is 12.4 Å². The summed E-state index contributed by atoms with van der Waals surface area (Å²) in [5.74, 6) is 0.791. The summed E-state index contributed by atoms with van der Waals surface area (Å²) in [4.78, 5) is 24.4. The van der Waals surface area contributed by atoms with Gasteiger partial charge in [0.2, 0.25) is 5.91 Å². The largest absolute Gasteiger partial charge is 0.485 e. The number of benzene rings is 3. The molecular formula is C25H24N4O4S. The first kappa shape index (κ1) is 23.3. The number of carbonyl (C=O) groups is 2. The first-order valence-corrected chi connectivity index (χ1v) is 11.7. The van der Waals surface area contributed by atoms with Crippen LogP contribution in [0.15, 0.2) is 71.9 Å². The highest BCUT2D eigenvalue weighted by Gasteiger charge is 2.16. The Hall–Kier alpha value is -3.85. The van der Waals surface area contributed by atoms with Crippen molar-refractivity contribution in [2.24, 2.45) is 0 Å². The number of thioether (sulfide) groups is 1. The Balaban J connectivity index is 1.40. The monoisotopic (exact) mass is 476 g/mol. The van der Waals surface area contributed by atoms with E-state index in [2.05, 4.69) is 15.5 Å². The molecule has 4 rings (SSSR count). The maximum absolute atomic E-state index is 12.5. The maximum Gasteiger partial charge on any atom is 0.339 e. The third-order valence-corrected chi connectivity index (χ3v) is 6.12. The summed E-state index contributed by atoms with van der Waals surface area (Å²) < 4.78 is 12.7. The number of esters is 1. The molecule has 1 heterocycles. The number of amides is 1. The van der Waals surface area contributed by atoms with Crippen molar-refractivity contribution in [1.82, 2.24) is 14.8 Å². The number of fused-ring (bicyclic) bond motifs is 1. The number of carbonyl (C=O) groups excluding carboxylic acids is 2. The first-order chi connectivity index (χ1) is 16.6. The molecule has 9 heteroatoms. The van der Waals surface area contributed by atoms with Gasteiger partial charge in [-0.2, -0.15) is 0 Å². The zero-order valence-electron chi connectivity index (χ0n) is 18.9. The van der Waals surface area contributed by atoms with E-state index < -0.39 is 5.97 Å². The van der Waals surface area contributed by atoms with Crippen LogP contribution in [-0.2, 0) is 22.7 Å². The Morgan fingerprint density at radius 2 is 1.76 bits per heavy atom. The summed E-state index contributed by atoms with van der Waals surface area (Å²) in [6.07, 6.45) is 0. The van der Waals surface area contributed by atoms with E-state index >= 15 is 0 Å². The lowest BCUT2D eigenvalue weighted by molar-refractivity contribution is -0.113. The van der Waals surface area contributed by atoms with Gasteiger partial charge in [0, 0.05) is 11.9 Å². The molecule has 1 amide bonds. The van der Waals surface area contributed by atoms with Crippen molar-refractivity contribution in [2.75, 3.05) is 18.2 Å². The van der Waals surface area contributed by atoms with E-state index in [4.69, 9.17) is 9.47 Å². The molecule has 4 aromatic rings. The van der Waals surface area contributed by atoms with Crippen LogP contribution in [0.1, 0.15) is 23.1 Å². The molecule has 0 bridgehead atoms. The lowest BCUT2D eigenvalue weighted by Gasteiger charge is -2.11. The topological polar surface area (TPSA) is 95.3 Å². The van der Waals surface area contributed by atoms with Crippen LogP contribution in [0.4, 0.5) is 5.69 Å². The standard InChI is InChI=1S/C25H24N4O4S/c1-3-29-22(15-33-21-14-8-10-17-9-4-5-11-18(17)21)27-28-25(29)34-16-23(30)26-20-13-7-6-12-19(20)24(31)32-2/h4-14H,3,15-16H2,1-2H3,(H,26,30). The van der Waals surface area contributed by atoms with Crippen molar-refractivity contribution in [2.45, 2.75) is 25.2 Å². The molecule has 0 saturated heterocycles. The number of anilines is 1. The number of rotatable bonds is 9. The second-order valence-corrected chi connectivity index (χ2v) is 8.23. The van der Waals surface area contributed by atoms with Gasteiger partial charge in [-0.1, -0.05) is 60.3 Å². The molecule has 1 aromatic heterocycles. The fourth-order valence-electron chi connectivity index (χ4n) is 3.51. The van der Waals surface area contributed by atoms with Crippen LogP contribution in [0, 0.1) is 0 Å². The van der Waals surface area contributed by atoms with Gasteiger partial charge in [-0.25, -0.2) is 4.79 Å². The summed E-state index contributed by atoms with van der Waals surface area (Å²) in [5.41, 5.74) is 0.703. The van der Waals surface area contributed by atoms with Crippen LogP contribution in [0.3, 0.4) is 0 Å². The second kappa shape index (κ2) is 10.8. The molecule has 0 fully saturated rings. The van der Waals surface area contributed by atoms with Gasteiger partial charge >= 0.3 is 5.97 Å². The fourth-order valence-corrected chi connectivity index (χ4v) is 4.33. The van der Waals surface area contributed by atoms with Gasteiger partial charge in [-0.3, -0.25) is 4.79 Å². The van der Waals surface area contributed by atoms with E-state index in [1.807, 2.05) is 54.0 Å². The van der Waals surface area contributed by atoms with Crippen molar-refractivity contribution >= 4 is 40.1 Å². The van der Waals surface area contributed by atoms with Crippen LogP contribution in [-0.4, -0.2) is 39.5 Å². The van der Waals surface area contributed by atoms with E-state index in [1.54, 1.807) is 24.3 Å². The number of methoxy groups -OCH3 is 1. The molecule has 0 aliphatic heterocycles. The Kier molecular flexibility index (Phi) is 7.44. The number of hydrogen-bond donors (Lipinski definition) is 1. The molecule has 3 aromatic carbocycles. The minimum atomic E-state index is -0.509. The normalized spacial score (nSPS) is 10.8. The molecule has 0 atom stereocenters. The number of nitrogens with one attached hydrogen (secondary N) is 1. The smallest absolute Gasteiger partial charge is 0.339 e. The van der Waals surface area contributed by atoms with Gasteiger partial charge in [0.15, 0.2) is 11.0 Å². The van der Waals surface area contributed by atoms with Crippen molar-refractivity contribution in [3.05, 3.63) is 78.1 Å². The van der Waals surface area contributed by atoms with Crippen LogP contribution in [0.5, 0.6) is 5.75 Å². The molecule has 0 radical (unpaired) electrons. The third-order valence-electron chi connectivity index (χ3n) is 5.15. The van der Waals surface area contributed by atoms with Gasteiger partial charge in [0.25, 0.3) is 0 Å². The van der Waals surface area contributed by atoms with Crippen molar-refractivity contribution in [3.63, 3.8) is 0 Å². The highest BCUT2D eigenvalue weighted by Crippen LogP contribution is 2.26. The van der Waals surface area contributed by atoms with Crippen LogP contribution in [0.25, 0.3) is 10.8 Å². The number of nitrogens with zero attached hydrogens (tertiary/aromatic N) is 3. The average Bonchev–Trinajstić information content (AvgIpc) is 3.27. The molecule has 0 unspecified atom stereocenters. The van der Waals surface area contributed by atoms with E-state index in [1.165, 1.54) is 18.9 Å².